The number of hydrogen-bond donors (Lipinski definition) is 0. The van der Waals surface area contributed by atoms with Crippen molar-refractivity contribution in [3.05, 3.63) is 113 Å². The van der Waals surface area contributed by atoms with Crippen molar-refractivity contribution in [1.82, 2.24) is 19.0 Å². The molecule has 2 aromatic heterocycles. The summed E-state index contributed by atoms with van der Waals surface area (Å²) in [5.74, 6) is 3.68. The quantitative estimate of drug-likeness (QED) is 0.170. The number of piperidine rings is 1. The van der Waals surface area contributed by atoms with Gasteiger partial charge in [0.25, 0.3) is 0 Å². The number of para-hydroxylation sites is 1. The first-order valence-corrected chi connectivity index (χ1v) is 18.0. The average Bonchev–Trinajstić information content (AvgIpc) is 3.79. The number of carbonyl (C=O) groups is 2. The Balaban J connectivity index is 0.000000161. The summed E-state index contributed by atoms with van der Waals surface area (Å²) in [6.07, 6.45) is 9.82. The number of aryl methyl sites for hydroxylation is 2. The Hall–Kier alpha value is -4.69. The summed E-state index contributed by atoms with van der Waals surface area (Å²) in [5.41, 5.74) is 6.58. The Kier molecular flexibility index (Phi) is 9.90. The summed E-state index contributed by atoms with van der Waals surface area (Å²) in [6, 6.07) is 22.7. The van der Waals surface area contributed by atoms with Gasteiger partial charge in [-0.1, -0.05) is 48.5 Å². The number of aromatic nitrogens is 3. The minimum Gasteiger partial charge on any atom is -0.493 e. The van der Waals surface area contributed by atoms with E-state index in [1.807, 2.05) is 37.4 Å². The van der Waals surface area contributed by atoms with E-state index in [-0.39, 0.29) is 23.4 Å². The lowest BCUT2D eigenvalue weighted by atomic mass is 9.85. The van der Waals surface area contributed by atoms with Crippen LogP contribution in [-0.4, -0.2) is 57.9 Å². The van der Waals surface area contributed by atoms with Crippen LogP contribution in [-0.2, 0) is 33.0 Å². The monoisotopic (exact) mass is 672 g/mol. The van der Waals surface area contributed by atoms with Gasteiger partial charge in [0.1, 0.15) is 5.82 Å². The van der Waals surface area contributed by atoms with Crippen molar-refractivity contribution in [2.75, 3.05) is 27.3 Å². The van der Waals surface area contributed by atoms with E-state index >= 15 is 0 Å². The van der Waals surface area contributed by atoms with Gasteiger partial charge in [-0.3, -0.25) is 14.5 Å². The number of Topliss-reactive ketones (excluding diaryl/α,β-unsaturated/α-hetero) is 2. The lowest BCUT2D eigenvalue weighted by Crippen LogP contribution is -2.34. The van der Waals surface area contributed by atoms with E-state index in [9.17, 15) is 9.59 Å². The standard InChI is InChI=1S/C24H29NO3.C18H19N3O/c1-27-22-14-19-13-20(24(26)21(19)15-23(22)28-2)12-17-8-10-25(11-9-17)16-18-6-4-3-5-7-18;1-12-19-9-10-21(12)11-13-7-8-16-17(18(13)22)14-5-3-4-6-15(14)20(16)2/h3-7,14-15,17,20H,8-13,16H2,1-2H3;3-6,9-10,13H,7-8,11H2,1-2H3. The van der Waals surface area contributed by atoms with Crippen LogP contribution in [0.5, 0.6) is 11.5 Å². The van der Waals surface area contributed by atoms with Crippen LogP contribution in [0, 0.1) is 24.7 Å². The van der Waals surface area contributed by atoms with Crippen molar-refractivity contribution in [2.45, 2.75) is 58.5 Å². The number of rotatable bonds is 8. The molecule has 8 nitrogen and oxygen atoms in total. The summed E-state index contributed by atoms with van der Waals surface area (Å²) >= 11 is 0. The molecule has 3 heterocycles. The molecule has 50 heavy (non-hydrogen) atoms. The Labute approximate surface area is 295 Å². The lowest BCUT2D eigenvalue weighted by Gasteiger charge is -2.32. The number of nitrogens with zero attached hydrogens (tertiary/aromatic N) is 4. The predicted molar refractivity (Wildman–Crippen MR) is 196 cm³/mol. The minimum atomic E-state index is 0.0474. The zero-order valence-corrected chi connectivity index (χ0v) is 29.7. The van der Waals surface area contributed by atoms with E-state index in [0.717, 1.165) is 85.3 Å². The maximum absolute atomic E-state index is 13.0. The third kappa shape index (κ3) is 6.73. The van der Waals surface area contributed by atoms with Crippen LogP contribution >= 0.6 is 0 Å². The molecule has 5 aromatic rings. The summed E-state index contributed by atoms with van der Waals surface area (Å²) in [4.78, 5) is 32.8. The van der Waals surface area contributed by atoms with Crippen molar-refractivity contribution in [3.63, 3.8) is 0 Å². The zero-order chi connectivity index (χ0) is 34.8. The number of hydrogen-bond acceptors (Lipinski definition) is 6. The Bertz CT molecular complexity index is 1990. The maximum atomic E-state index is 13.0. The molecular weight excluding hydrogens is 624 g/mol. The van der Waals surface area contributed by atoms with Crippen molar-refractivity contribution in [3.8, 4) is 11.5 Å². The highest BCUT2D eigenvalue weighted by atomic mass is 16.5. The second-order valence-electron chi connectivity index (χ2n) is 14.2. The normalized spacial score (nSPS) is 19.2. The Morgan fingerprint density at radius 3 is 2.30 bits per heavy atom. The van der Waals surface area contributed by atoms with Gasteiger partial charge < -0.3 is 18.6 Å². The fourth-order valence-corrected chi connectivity index (χ4v) is 8.38. The zero-order valence-electron chi connectivity index (χ0n) is 29.7. The number of ether oxygens (including phenoxy) is 2. The van der Waals surface area contributed by atoms with Gasteiger partial charge in [0.15, 0.2) is 23.1 Å². The molecule has 2 aliphatic carbocycles. The van der Waals surface area contributed by atoms with Gasteiger partial charge in [-0.15, -0.1) is 0 Å². The second kappa shape index (κ2) is 14.7. The number of fused-ring (bicyclic) bond motifs is 4. The highest BCUT2D eigenvalue weighted by Gasteiger charge is 2.35. The first-order chi connectivity index (χ1) is 24.3. The first kappa shape index (κ1) is 33.8. The molecule has 1 saturated heterocycles. The molecule has 1 fully saturated rings. The second-order valence-corrected chi connectivity index (χ2v) is 14.2. The van der Waals surface area contributed by atoms with Gasteiger partial charge >= 0.3 is 0 Å². The summed E-state index contributed by atoms with van der Waals surface area (Å²) < 4.78 is 15.0. The number of imidazole rings is 1. The highest BCUT2D eigenvalue weighted by molar-refractivity contribution is 6.11. The topological polar surface area (TPSA) is 78.6 Å². The average molecular weight is 673 g/mol. The summed E-state index contributed by atoms with van der Waals surface area (Å²) in [6.45, 7) is 5.98. The van der Waals surface area contributed by atoms with Gasteiger partial charge in [-0.05, 0) is 93.8 Å². The molecule has 0 spiro atoms. The van der Waals surface area contributed by atoms with Gasteiger partial charge in [-0.25, -0.2) is 4.98 Å². The molecule has 2 atom stereocenters. The van der Waals surface area contributed by atoms with Crippen molar-refractivity contribution in [1.29, 1.82) is 0 Å². The molecule has 0 N–H and O–H groups in total. The summed E-state index contributed by atoms with van der Waals surface area (Å²) in [5, 5.41) is 1.09. The Morgan fingerprint density at radius 1 is 0.860 bits per heavy atom. The molecule has 3 aliphatic rings. The van der Waals surface area contributed by atoms with E-state index in [1.165, 1.54) is 24.1 Å². The Morgan fingerprint density at radius 2 is 1.58 bits per heavy atom. The van der Waals surface area contributed by atoms with E-state index in [2.05, 4.69) is 68.5 Å². The molecule has 2 unspecified atom stereocenters. The van der Waals surface area contributed by atoms with Crippen LogP contribution in [0.4, 0.5) is 0 Å². The molecule has 0 amide bonds. The molecule has 0 saturated carbocycles. The number of ketones is 2. The van der Waals surface area contributed by atoms with Crippen molar-refractivity contribution in [2.24, 2.45) is 24.8 Å². The molecule has 3 aromatic carbocycles. The van der Waals surface area contributed by atoms with Crippen molar-refractivity contribution >= 4 is 22.5 Å². The van der Waals surface area contributed by atoms with Gasteiger partial charge in [0.2, 0.25) is 0 Å². The molecule has 260 valence electrons. The van der Waals surface area contributed by atoms with Crippen LogP contribution < -0.4 is 9.47 Å². The van der Waals surface area contributed by atoms with Crippen LogP contribution in [0.3, 0.4) is 0 Å². The molecule has 0 bridgehead atoms. The molecular formula is C42H48N4O4. The molecule has 8 heteroatoms. The predicted octanol–water partition coefficient (Wildman–Crippen LogP) is 7.49. The number of carbonyl (C=O) groups excluding carboxylic acids is 2. The van der Waals surface area contributed by atoms with Crippen LogP contribution in [0.1, 0.15) is 69.0 Å². The fourth-order valence-electron chi connectivity index (χ4n) is 8.38. The van der Waals surface area contributed by atoms with Crippen LogP contribution in [0.15, 0.2) is 79.1 Å². The lowest BCUT2D eigenvalue weighted by molar-refractivity contribution is 0.0883. The van der Waals surface area contributed by atoms with Crippen LogP contribution in [0.2, 0.25) is 0 Å². The molecule has 8 rings (SSSR count). The highest BCUT2D eigenvalue weighted by Crippen LogP contribution is 2.40. The third-order valence-electron chi connectivity index (χ3n) is 11.2. The summed E-state index contributed by atoms with van der Waals surface area (Å²) in [7, 11) is 5.32. The van der Waals surface area contributed by atoms with E-state index in [1.54, 1.807) is 20.4 Å². The smallest absolute Gasteiger partial charge is 0.170 e. The van der Waals surface area contributed by atoms with E-state index in [4.69, 9.17) is 9.47 Å². The minimum absolute atomic E-state index is 0.0474. The maximum Gasteiger partial charge on any atom is 0.170 e. The first-order valence-electron chi connectivity index (χ1n) is 18.0. The van der Waals surface area contributed by atoms with E-state index < -0.39 is 0 Å². The SMILES string of the molecule is COc1cc2c(cc1OC)C(=O)C(CC1CCN(Cc3ccccc3)CC1)C2.Cc1nccn1CC1CCc2c(c3ccccc3n2C)C1=O. The number of methoxy groups -OCH3 is 2. The van der Waals surface area contributed by atoms with Gasteiger partial charge in [0, 0.05) is 72.1 Å². The number of likely N-dealkylation sites (tertiary alicyclic amines) is 1. The largest absolute Gasteiger partial charge is 0.493 e. The number of benzene rings is 3. The molecule has 1 aliphatic heterocycles. The fraction of sp³-hybridized carbons (Fsp3) is 0.405. The van der Waals surface area contributed by atoms with Gasteiger partial charge in [0.05, 0.1) is 14.2 Å². The van der Waals surface area contributed by atoms with Crippen LogP contribution in [0.25, 0.3) is 10.9 Å². The van der Waals surface area contributed by atoms with Crippen molar-refractivity contribution < 1.29 is 19.1 Å². The molecule has 0 radical (unpaired) electrons. The third-order valence-corrected chi connectivity index (χ3v) is 11.2. The van der Waals surface area contributed by atoms with Gasteiger partial charge in [-0.2, -0.15) is 0 Å². The van der Waals surface area contributed by atoms with E-state index in [0.29, 0.717) is 17.4 Å².